The van der Waals surface area contributed by atoms with E-state index in [1.165, 1.54) is 0 Å². The molecule has 3 N–H and O–H groups in total. The van der Waals surface area contributed by atoms with Crippen molar-refractivity contribution in [3.8, 4) is 11.5 Å². The van der Waals surface area contributed by atoms with Crippen LogP contribution in [0.4, 0.5) is 5.82 Å². The van der Waals surface area contributed by atoms with E-state index < -0.39 is 0 Å². The third-order valence-electron chi connectivity index (χ3n) is 6.44. The highest BCUT2D eigenvalue weighted by Crippen LogP contribution is 2.28. The maximum atomic E-state index is 6.29. The molecule has 0 spiro atoms. The minimum absolute atomic E-state index is 0.429. The molecule has 2 heterocycles. The van der Waals surface area contributed by atoms with Crippen LogP contribution in [0.3, 0.4) is 0 Å². The summed E-state index contributed by atoms with van der Waals surface area (Å²) >= 11 is 29.8. The molecule has 4 aromatic carbocycles. The number of ether oxygens (including phenoxy) is 2. The Balaban J connectivity index is 0.000000169. The smallest absolute Gasteiger partial charge is 0.137 e. The van der Waals surface area contributed by atoms with Crippen molar-refractivity contribution >= 4 is 85.6 Å². The summed E-state index contributed by atoms with van der Waals surface area (Å²) in [7, 11) is 3.19. The molecule has 0 atom stereocenters. The zero-order valence-corrected chi connectivity index (χ0v) is 28.1. The summed E-state index contributed by atoms with van der Waals surface area (Å²) in [6.45, 7) is 1.11. The average Bonchev–Trinajstić information content (AvgIpc) is 3.05. The average molecular weight is 703 g/mol. The maximum Gasteiger partial charge on any atom is 0.137 e. The van der Waals surface area contributed by atoms with Gasteiger partial charge in [0.15, 0.2) is 0 Å². The number of pyridine rings is 2. The molecule has 6 rings (SSSR count). The van der Waals surface area contributed by atoms with Gasteiger partial charge in [-0.1, -0.05) is 107 Å². The van der Waals surface area contributed by atoms with Crippen LogP contribution in [0, 0.1) is 0 Å². The first-order chi connectivity index (χ1) is 21.7. The van der Waals surface area contributed by atoms with Gasteiger partial charge in [-0.15, -0.1) is 0 Å². The highest BCUT2D eigenvalue weighted by atomic mass is 35.5. The van der Waals surface area contributed by atoms with E-state index in [1.54, 1.807) is 26.4 Å². The topological polar surface area (TPSA) is 82.3 Å². The number of halogens is 5. The fourth-order valence-corrected chi connectivity index (χ4v) is 5.34. The van der Waals surface area contributed by atoms with E-state index in [0.717, 1.165) is 38.8 Å². The molecular formula is C34H29Cl5N4O2. The summed E-state index contributed by atoms with van der Waals surface area (Å²) in [5.74, 6) is 2.07. The van der Waals surface area contributed by atoms with Gasteiger partial charge in [-0.3, -0.25) is 0 Å². The van der Waals surface area contributed by atoms with Crippen molar-refractivity contribution in [1.29, 1.82) is 0 Å². The lowest BCUT2D eigenvalue weighted by Gasteiger charge is -2.10. The molecule has 0 saturated heterocycles. The van der Waals surface area contributed by atoms with Gasteiger partial charge < -0.3 is 20.5 Å². The molecule has 0 amide bonds. The Hall–Kier alpha value is -3.49. The fraction of sp³-hybridized carbons (Fsp3) is 0.118. The van der Waals surface area contributed by atoms with Crippen LogP contribution < -0.4 is 20.5 Å². The predicted octanol–water partition coefficient (Wildman–Crippen LogP) is 10.5. The zero-order chi connectivity index (χ0) is 32.3. The quantitative estimate of drug-likeness (QED) is 0.168. The van der Waals surface area contributed by atoms with Crippen molar-refractivity contribution in [2.24, 2.45) is 5.73 Å². The molecule has 0 saturated carbocycles. The van der Waals surface area contributed by atoms with Gasteiger partial charge in [-0.25, -0.2) is 9.97 Å². The Bertz CT molecular complexity index is 1910. The van der Waals surface area contributed by atoms with Crippen molar-refractivity contribution in [3.05, 3.63) is 133 Å². The van der Waals surface area contributed by atoms with Gasteiger partial charge in [0.2, 0.25) is 0 Å². The number of aromatic nitrogens is 2. The van der Waals surface area contributed by atoms with E-state index >= 15 is 0 Å². The second kappa shape index (κ2) is 16.7. The first-order valence-electron chi connectivity index (χ1n) is 13.6. The predicted molar refractivity (Wildman–Crippen MR) is 190 cm³/mol. The minimum Gasteiger partial charge on any atom is -0.495 e. The van der Waals surface area contributed by atoms with E-state index in [2.05, 4.69) is 15.3 Å². The van der Waals surface area contributed by atoms with E-state index in [4.69, 9.17) is 73.2 Å². The molecule has 0 aliphatic heterocycles. The van der Waals surface area contributed by atoms with Gasteiger partial charge >= 0.3 is 0 Å². The minimum atomic E-state index is 0.429. The summed E-state index contributed by atoms with van der Waals surface area (Å²) in [4.78, 5) is 8.68. The molecule has 232 valence electrons. The molecule has 0 fully saturated rings. The Morgan fingerprint density at radius 2 is 1.11 bits per heavy atom. The van der Waals surface area contributed by atoms with E-state index in [9.17, 15) is 0 Å². The van der Waals surface area contributed by atoms with Gasteiger partial charge in [0.05, 0.1) is 45.3 Å². The summed E-state index contributed by atoms with van der Waals surface area (Å²) in [6.07, 6.45) is 0. The maximum absolute atomic E-state index is 6.29. The van der Waals surface area contributed by atoms with Crippen LogP contribution in [-0.4, -0.2) is 24.2 Å². The number of hydrogen-bond donors (Lipinski definition) is 2. The second-order valence-electron chi connectivity index (χ2n) is 9.45. The number of nitrogens with two attached hydrogens (primary N) is 1. The summed E-state index contributed by atoms with van der Waals surface area (Å²) in [5.41, 5.74) is 9.19. The number of rotatable bonds is 6. The van der Waals surface area contributed by atoms with Crippen molar-refractivity contribution in [2.75, 3.05) is 19.5 Å². The number of fused-ring (bicyclic) bond motifs is 2. The fourth-order valence-electron chi connectivity index (χ4n) is 4.16. The molecule has 0 bridgehead atoms. The van der Waals surface area contributed by atoms with Crippen molar-refractivity contribution < 1.29 is 9.47 Å². The number of hydrogen-bond acceptors (Lipinski definition) is 6. The molecule has 11 heteroatoms. The molecule has 0 aliphatic rings. The Morgan fingerprint density at radius 3 is 1.69 bits per heavy atom. The van der Waals surface area contributed by atoms with Crippen molar-refractivity contribution in [3.63, 3.8) is 0 Å². The van der Waals surface area contributed by atoms with Gasteiger partial charge in [0.25, 0.3) is 0 Å². The number of nitrogens with one attached hydrogen (secondary N) is 1. The number of benzene rings is 4. The van der Waals surface area contributed by atoms with Gasteiger partial charge in [-0.05, 0) is 59.7 Å². The van der Waals surface area contributed by atoms with Gasteiger partial charge in [0, 0.05) is 23.9 Å². The summed E-state index contributed by atoms with van der Waals surface area (Å²) < 4.78 is 10.2. The van der Waals surface area contributed by atoms with Gasteiger partial charge in [-0.2, -0.15) is 0 Å². The molecule has 0 unspecified atom stereocenters. The molecule has 6 nitrogen and oxygen atoms in total. The molecular weight excluding hydrogens is 674 g/mol. The molecule has 45 heavy (non-hydrogen) atoms. The van der Waals surface area contributed by atoms with Crippen LogP contribution in [-0.2, 0) is 13.1 Å². The zero-order valence-electron chi connectivity index (χ0n) is 24.3. The monoisotopic (exact) mass is 700 g/mol. The van der Waals surface area contributed by atoms with E-state index in [0.29, 0.717) is 49.8 Å². The number of para-hydroxylation sites is 2. The van der Waals surface area contributed by atoms with Crippen LogP contribution in [0.1, 0.15) is 11.1 Å². The lowest BCUT2D eigenvalue weighted by Crippen LogP contribution is -2.02. The lowest BCUT2D eigenvalue weighted by molar-refractivity contribution is 0.414. The van der Waals surface area contributed by atoms with Crippen molar-refractivity contribution in [1.82, 2.24) is 9.97 Å². The summed E-state index contributed by atoms with van der Waals surface area (Å²) in [5, 5.41) is 8.12. The third kappa shape index (κ3) is 9.50. The van der Waals surface area contributed by atoms with Crippen molar-refractivity contribution in [2.45, 2.75) is 13.1 Å². The van der Waals surface area contributed by atoms with Crippen LogP contribution in [0.2, 0.25) is 25.2 Å². The Kier molecular flexibility index (Phi) is 12.8. The number of nitrogens with zero attached hydrogens (tertiary/aromatic N) is 2. The number of anilines is 1. The first kappa shape index (κ1) is 34.4. The summed E-state index contributed by atoms with van der Waals surface area (Å²) in [6, 6.07) is 30.0. The third-order valence-corrected chi connectivity index (χ3v) is 7.88. The number of methoxy groups -OCH3 is 2. The Labute approximate surface area is 287 Å². The second-order valence-corrected chi connectivity index (χ2v) is 11.5. The normalized spacial score (nSPS) is 10.4. The Morgan fingerprint density at radius 1 is 0.600 bits per heavy atom. The lowest BCUT2D eigenvalue weighted by atomic mass is 10.2. The van der Waals surface area contributed by atoms with Crippen LogP contribution >= 0.6 is 58.0 Å². The SMILES string of the molecule is COc1cc(CN)ccc1Cl.COc1cc(CNc2cc(Cl)c3ccccc3n2)ccc1Cl.Clc1cc(Cl)c2ccccc2n1. The molecule has 0 radical (unpaired) electrons. The molecule has 2 aromatic heterocycles. The highest BCUT2D eigenvalue weighted by Gasteiger charge is 2.06. The van der Waals surface area contributed by atoms with Crippen LogP contribution in [0.5, 0.6) is 11.5 Å². The van der Waals surface area contributed by atoms with E-state index in [1.807, 2.05) is 84.9 Å². The molecule has 0 aliphatic carbocycles. The largest absolute Gasteiger partial charge is 0.495 e. The van der Waals surface area contributed by atoms with Crippen LogP contribution in [0.15, 0.2) is 97.1 Å². The van der Waals surface area contributed by atoms with Crippen LogP contribution in [0.25, 0.3) is 21.8 Å². The molecule has 6 aromatic rings. The first-order valence-corrected chi connectivity index (χ1v) is 15.5. The van der Waals surface area contributed by atoms with E-state index in [-0.39, 0.29) is 0 Å². The standard InChI is InChI=1S/C17H14Cl2N2O.C9H5Cl2N.C8H10ClNO/c1-22-16-8-11(6-7-13(16)18)10-20-17-9-14(19)12-4-2-3-5-15(12)21-17;10-7-5-9(11)12-8-4-2-1-3-6(7)8;1-11-8-4-6(5-10)2-3-7(8)9/h2-9H,10H2,1H3,(H,20,21);1-5H;2-4H,5,10H2,1H3. The van der Waals surface area contributed by atoms with Gasteiger partial charge in [0.1, 0.15) is 22.5 Å². The highest BCUT2D eigenvalue weighted by molar-refractivity contribution is 6.38.